The van der Waals surface area contributed by atoms with E-state index in [4.69, 9.17) is 0 Å². The summed E-state index contributed by atoms with van der Waals surface area (Å²) in [4.78, 5) is 30.2. The van der Waals surface area contributed by atoms with E-state index in [0.29, 0.717) is 45.7 Å². The minimum atomic E-state index is -2.99. The van der Waals surface area contributed by atoms with Crippen molar-refractivity contribution in [3.8, 4) is 0 Å². The first-order valence-electron chi connectivity index (χ1n) is 8.74. The molecule has 0 N–H and O–H groups in total. The summed E-state index contributed by atoms with van der Waals surface area (Å²) in [5.41, 5.74) is 0. The Kier molecular flexibility index (Phi) is 6.25. The van der Waals surface area contributed by atoms with Crippen LogP contribution in [0.1, 0.15) is 27.2 Å². The number of nitrogens with zero attached hydrogens (tertiary/aromatic N) is 3. The van der Waals surface area contributed by atoms with E-state index in [9.17, 15) is 18.0 Å². The lowest BCUT2D eigenvalue weighted by molar-refractivity contribution is -0.137. The van der Waals surface area contributed by atoms with Crippen LogP contribution in [0.15, 0.2) is 0 Å². The predicted octanol–water partition coefficient (Wildman–Crippen LogP) is -0.178. The Hall–Kier alpha value is -1.15. The van der Waals surface area contributed by atoms with Gasteiger partial charge in [-0.25, -0.2) is 8.42 Å². The summed E-state index contributed by atoms with van der Waals surface area (Å²) in [5.74, 6) is 0.411. The van der Waals surface area contributed by atoms with Gasteiger partial charge < -0.3 is 9.80 Å². The number of likely N-dealkylation sites (N-methyl/N-ethyl adjacent to an activating group) is 1. The highest BCUT2D eigenvalue weighted by Crippen LogP contribution is 2.18. The van der Waals surface area contributed by atoms with E-state index >= 15 is 0 Å². The van der Waals surface area contributed by atoms with Crippen LogP contribution in [0.2, 0.25) is 0 Å². The van der Waals surface area contributed by atoms with Gasteiger partial charge in [0.1, 0.15) is 0 Å². The van der Waals surface area contributed by atoms with Gasteiger partial charge in [-0.05, 0) is 13.3 Å². The second-order valence-corrected chi connectivity index (χ2v) is 9.22. The van der Waals surface area contributed by atoms with Crippen molar-refractivity contribution < 1.29 is 18.0 Å². The number of hydrogen-bond donors (Lipinski definition) is 0. The molecule has 0 aromatic heterocycles. The Morgan fingerprint density at radius 2 is 1.79 bits per heavy atom. The molecule has 0 bridgehead atoms. The molecule has 7 nitrogen and oxygen atoms in total. The summed E-state index contributed by atoms with van der Waals surface area (Å²) in [7, 11) is -2.99. The molecule has 2 aliphatic heterocycles. The number of rotatable bonds is 5. The standard InChI is InChI=1S/C16H29N3O4S/c1-4-19(14-5-10-24(22,23)12-14)15(20)11-17-6-8-18(9-7-17)16(21)13(2)3/h13-14H,4-12H2,1-3H3. The lowest BCUT2D eigenvalue weighted by atomic mass is 10.1. The Bertz CT molecular complexity index is 568. The second kappa shape index (κ2) is 7.82. The Labute approximate surface area is 144 Å². The summed E-state index contributed by atoms with van der Waals surface area (Å²) in [5, 5.41) is 0. The van der Waals surface area contributed by atoms with Crippen LogP contribution in [0.4, 0.5) is 0 Å². The van der Waals surface area contributed by atoms with Crippen LogP contribution in [0.5, 0.6) is 0 Å². The molecular weight excluding hydrogens is 330 g/mol. The third-order valence-electron chi connectivity index (χ3n) is 4.85. The third kappa shape index (κ3) is 4.69. The van der Waals surface area contributed by atoms with E-state index in [1.807, 2.05) is 25.7 Å². The van der Waals surface area contributed by atoms with Crippen molar-refractivity contribution >= 4 is 21.7 Å². The van der Waals surface area contributed by atoms with Crippen molar-refractivity contribution in [1.29, 1.82) is 0 Å². The van der Waals surface area contributed by atoms with Gasteiger partial charge in [-0.1, -0.05) is 13.8 Å². The zero-order valence-electron chi connectivity index (χ0n) is 14.9. The molecule has 2 rings (SSSR count). The molecule has 1 atom stereocenters. The van der Waals surface area contributed by atoms with E-state index in [-0.39, 0.29) is 35.3 Å². The van der Waals surface area contributed by atoms with Crippen molar-refractivity contribution in [3.63, 3.8) is 0 Å². The van der Waals surface area contributed by atoms with Crippen molar-refractivity contribution in [3.05, 3.63) is 0 Å². The van der Waals surface area contributed by atoms with Gasteiger partial charge in [-0.2, -0.15) is 0 Å². The maximum absolute atomic E-state index is 12.6. The molecule has 1 unspecified atom stereocenters. The lowest BCUT2D eigenvalue weighted by Gasteiger charge is -2.36. The maximum Gasteiger partial charge on any atom is 0.237 e. The van der Waals surface area contributed by atoms with Gasteiger partial charge in [0.2, 0.25) is 11.8 Å². The summed E-state index contributed by atoms with van der Waals surface area (Å²) in [6.45, 7) is 9.18. The van der Waals surface area contributed by atoms with Crippen molar-refractivity contribution in [2.45, 2.75) is 33.2 Å². The van der Waals surface area contributed by atoms with Crippen LogP contribution in [0.3, 0.4) is 0 Å². The van der Waals surface area contributed by atoms with Crippen molar-refractivity contribution in [1.82, 2.24) is 14.7 Å². The number of sulfone groups is 1. The molecular formula is C16H29N3O4S. The van der Waals surface area contributed by atoms with E-state index < -0.39 is 9.84 Å². The molecule has 24 heavy (non-hydrogen) atoms. The number of hydrogen-bond acceptors (Lipinski definition) is 5. The normalized spacial score (nSPS) is 24.3. The number of piperazine rings is 1. The highest BCUT2D eigenvalue weighted by atomic mass is 32.2. The summed E-state index contributed by atoms with van der Waals surface area (Å²) in [6.07, 6.45) is 0.540. The fraction of sp³-hybridized carbons (Fsp3) is 0.875. The van der Waals surface area contributed by atoms with Crippen LogP contribution in [0, 0.1) is 5.92 Å². The first-order valence-corrected chi connectivity index (χ1v) is 10.6. The van der Waals surface area contributed by atoms with Gasteiger partial charge in [0, 0.05) is 44.7 Å². The zero-order chi connectivity index (χ0) is 17.9. The largest absolute Gasteiger partial charge is 0.340 e. The minimum Gasteiger partial charge on any atom is -0.340 e. The lowest BCUT2D eigenvalue weighted by Crippen LogP contribution is -2.53. The van der Waals surface area contributed by atoms with Crippen LogP contribution < -0.4 is 0 Å². The molecule has 0 radical (unpaired) electrons. The van der Waals surface area contributed by atoms with Gasteiger partial charge in [0.05, 0.1) is 18.1 Å². The van der Waals surface area contributed by atoms with Crippen LogP contribution >= 0.6 is 0 Å². The van der Waals surface area contributed by atoms with Crippen LogP contribution in [0.25, 0.3) is 0 Å². The van der Waals surface area contributed by atoms with Crippen LogP contribution in [-0.2, 0) is 19.4 Å². The first-order chi connectivity index (χ1) is 11.2. The first kappa shape index (κ1) is 19.2. The molecule has 2 fully saturated rings. The number of amides is 2. The topological polar surface area (TPSA) is 78.0 Å². The quantitative estimate of drug-likeness (QED) is 0.681. The van der Waals surface area contributed by atoms with Gasteiger partial charge in [0.15, 0.2) is 9.84 Å². The molecule has 0 aliphatic carbocycles. The van der Waals surface area contributed by atoms with Gasteiger partial charge in [-0.3, -0.25) is 14.5 Å². The summed E-state index contributed by atoms with van der Waals surface area (Å²) >= 11 is 0. The van der Waals surface area contributed by atoms with Gasteiger partial charge in [0.25, 0.3) is 0 Å². The molecule has 2 amide bonds. The average molecular weight is 359 g/mol. The SMILES string of the molecule is CCN(C(=O)CN1CCN(C(=O)C(C)C)CC1)C1CCS(=O)(=O)C1. The van der Waals surface area contributed by atoms with E-state index in [2.05, 4.69) is 4.90 Å². The molecule has 138 valence electrons. The molecule has 0 aromatic carbocycles. The van der Waals surface area contributed by atoms with Gasteiger partial charge >= 0.3 is 0 Å². The second-order valence-electron chi connectivity index (χ2n) is 6.99. The fourth-order valence-corrected chi connectivity index (χ4v) is 5.16. The fourth-order valence-electron chi connectivity index (χ4n) is 3.43. The monoisotopic (exact) mass is 359 g/mol. The molecule has 2 saturated heterocycles. The van der Waals surface area contributed by atoms with Gasteiger partial charge in [-0.15, -0.1) is 0 Å². The highest BCUT2D eigenvalue weighted by molar-refractivity contribution is 7.91. The maximum atomic E-state index is 12.6. The summed E-state index contributed by atoms with van der Waals surface area (Å²) in [6, 6.07) is -0.184. The molecule has 2 aliphatic rings. The highest BCUT2D eigenvalue weighted by Gasteiger charge is 2.34. The molecule has 0 aromatic rings. The zero-order valence-corrected chi connectivity index (χ0v) is 15.7. The Morgan fingerprint density at radius 3 is 2.25 bits per heavy atom. The Balaban J connectivity index is 1.85. The summed E-state index contributed by atoms with van der Waals surface area (Å²) < 4.78 is 23.3. The smallest absolute Gasteiger partial charge is 0.237 e. The van der Waals surface area contributed by atoms with Crippen molar-refractivity contribution in [2.75, 3.05) is 50.8 Å². The molecule has 0 spiro atoms. The Morgan fingerprint density at radius 1 is 1.17 bits per heavy atom. The minimum absolute atomic E-state index is 0.00178. The average Bonchev–Trinajstić information content (AvgIpc) is 2.87. The molecule has 8 heteroatoms. The predicted molar refractivity (Wildman–Crippen MR) is 92.3 cm³/mol. The molecule has 2 heterocycles. The van der Waals surface area contributed by atoms with Crippen molar-refractivity contribution in [2.24, 2.45) is 5.92 Å². The van der Waals surface area contributed by atoms with E-state index in [1.165, 1.54) is 0 Å². The number of carbonyl (C=O) groups excluding carboxylic acids is 2. The molecule has 0 saturated carbocycles. The van der Waals surface area contributed by atoms with Crippen LogP contribution in [-0.4, -0.2) is 91.7 Å². The third-order valence-corrected chi connectivity index (χ3v) is 6.60. The van der Waals surface area contributed by atoms with E-state index in [1.54, 1.807) is 4.90 Å². The van der Waals surface area contributed by atoms with E-state index in [0.717, 1.165) is 0 Å². The number of carbonyl (C=O) groups is 2.